The maximum absolute atomic E-state index is 11.4. The van der Waals surface area contributed by atoms with Gasteiger partial charge >= 0.3 is 0 Å². The lowest BCUT2D eigenvalue weighted by Crippen LogP contribution is -2.30. The zero-order valence-electron chi connectivity index (χ0n) is 12.5. The Morgan fingerprint density at radius 2 is 2.29 bits per heavy atom. The SMILES string of the molecule is COC1CCC(NC(C)c2ccc3c(c2)NC(=O)CO3)C1. The topological polar surface area (TPSA) is 59.6 Å². The van der Waals surface area contributed by atoms with Crippen LogP contribution in [0.3, 0.4) is 0 Å². The van der Waals surface area contributed by atoms with E-state index in [-0.39, 0.29) is 18.6 Å². The maximum atomic E-state index is 11.4. The summed E-state index contributed by atoms with van der Waals surface area (Å²) < 4.78 is 10.8. The van der Waals surface area contributed by atoms with Crippen LogP contribution in [0.2, 0.25) is 0 Å². The van der Waals surface area contributed by atoms with Crippen LogP contribution in [0.25, 0.3) is 0 Å². The number of rotatable bonds is 4. The van der Waals surface area contributed by atoms with Crippen molar-refractivity contribution >= 4 is 11.6 Å². The van der Waals surface area contributed by atoms with Gasteiger partial charge in [-0.1, -0.05) is 6.07 Å². The molecule has 3 rings (SSSR count). The van der Waals surface area contributed by atoms with Gasteiger partial charge in [0.05, 0.1) is 11.8 Å². The molecule has 0 aromatic heterocycles. The van der Waals surface area contributed by atoms with Crippen molar-refractivity contribution in [3.63, 3.8) is 0 Å². The summed E-state index contributed by atoms with van der Waals surface area (Å²) in [5.41, 5.74) is 1.92. The molecule has 1 aromatic carbocycles. The smallest absolute Gasteiger partial charge is 0.262 e. The monoisotopic (exact) mass is 290 g/mol. The molecule has 5 heteroatoms. The average molecular weight is 290 g/mol. The normalized spacial score (nSPS) is 25.9. The highest BCUT2D eigenvalue weighted by molar-refractivity contribution is 5.95. The quantitative estimate of drug-likeness (QED) is 0.893. The van der Waals surface area contributed by atoms with Crippen molar-refractivity contribution in [2.24, 2.45) is 0 Å². The molecular weight excluding hydrogens is 268 g/mol. The second-order valence-electron chi connectivity index (χ2n) is 5.85. The molecule has 0 saturated heterocycles. The summed E-state index contributed by atoms with van der Waals surface area (Å²) >= 11 is 0. The minimum atomic E-state index is -0.0982. The van der Waals surface area contributed by atoms with Gasteiger partial charge < -0.3 is 20.1 Å². The summed E-state index contributed by atoms with van der Waals surface area (Å²) in [5.74, 6) is 0.643. The Morgan fingerprint density at radius 1 is 1.43 bits per heavy atom. The minimum absolute atomic E-state index is 0.0978. The van der Waals surface area contributed by atoms with Crippen molar-refractivity contribution in [1.82, 2.24) is 5.32 Å². The van der Waals surface area contributed by atoms with Crippen LogP contribution >= 0.6 is 0 Å². The lowest BCUT2D eigenvalue weighted by Gasteiger charge is -2.23. The van der Waals surface area contributed by atoms with E-state index in [2.05, 4.69) is 23.6 Å². The number of methoxy groups -OCH3 is 1. The molecule has 3 unspecified atom stereocenters. The van der Waals surface area contributed by atoms with Gasteiger partial charge in [0, 0.05) is 19.2 Å². The number of benzene rings is 1. The van der Waals surface area contributed by atoms with Crippen LogP contribution in [-0.4, -0.2) is 31.8 Å². The van der Waals surface area contributed by atoms with Crippen molar-refractivity contribution in [2.75, 3.05) is 19.0 Å². The number of carbonyl (C=O) groups excluding carboxylic acids is 1. The lowest BCUT2D eigenvalue weighted by atomic mass is 10.0. The number of anilines is 1. The predicted octanol–water partition coefficient (Wildman–Crippen LogP) is 2.24. The first-order valence-corrected chi connectivity index (χ1v) is 7.51. The fourth-order valence-corrected chi connectivity index (χ4v) is 3.13. The number of hydrogen-bond acceptors (Lipinski definition) is 4. The first-order valence-electron chi connectivity index (χ1n) is 7.51. The Bertz CT molecular complexity index is 532. The third kappa shape index (κ3) is 3.19. The Morgan fingerprint density at radius 3 is 3.05 bits per heavy atom. The van der Waals surface area contributed by atoms with Crippen LogP contribution < -0.4 is 15.4 Å². The van der Waals surface area contributed by atoms with Gasteiger partial charge in [-0.25, -0.2) is 0 Å². The zero-order valence-corrected chi connectivity index (χ0v) is 12.5. The van der Waals surface area contributed by atoms with Gasteiger partial charge in [-0.2, -0.15) is 0 Å². The molecule has 2 N–H and O–H groups in total. The van der Waals surface area contributed by atoms with Crippen molar-refractivity contribution in [1.29, 1.82) is 0 Å². The second-order valence-corrected chi connectivity index (χ2v) is 5.85. The molecule has 1 aromatic rings. The van der Waals surface area contributed by atoms with Crippen molar-refractivity contribution in [3.8, 4) is 5.75 Å². The van der Waals surface area contributed by atoms with Gasteiger partial charge in [0.2, 0.25) is 0 Å². The van der Waals surface area contributed by atoms with E-state index in [0.29, 0.717) is 12.1 Å². The van der Waals surface area contributed by atoms with E-state index >= 15 is 0 Å². The standard InChI is InChI=1S/C16H22N2O3/c1-10(17-12-4-5-13(8-12)20-2)11-3-6-15-14(7-11)18-16(19)9-21-15/h3,6-7,10,12-13,17H,4-5,8-9H2,1-2H3,(H,18,19). The minimum Gasteiger partial charge on any atom is -0.482 e. The summed E-state index contributed by atoms with van der Waals surface area (Å²) in [6, 6.07) is 6.69. The Kier molecular flexibility index (Phi) is 4.12. The van der Waals surface area contributed by atoms with E-state index in [1.165, 1.54) is 0 Å². The van der Waals surface area contributed by atoms with Crippen LogP contribution in [0.15, 0.2) is 18.2 Å². The molecule has 5 nitrogen and oxygen atoms in total. The van der Waals surface area contributed by atoms with Crippen LogP contribution in [0.1, 0.15) is 37.8 Å². The van der Waals surface area contributed by atoms with Gasteiger partial charge in [-0.3, -0.25) is 4.79 Å². The first kappa shape index (κ1) is 14.4. The molecule has 114 valence electrons. The van der Waals surface area contributed by atoms with E-state index in [1.54, 1.807) is 7.11 Å². The van der Waals surface area contributed by atoms with Crippen LogP contribution in [0.4, 0.5) is 5.69 Å². The number of amides is 1. The van der Waals surface area contributed by atoms with E-state index in [4.69, 9.17) is 9.47 Å². The molecule has 1 aliphatic carbocycles. The Balaban J connectivity index is 1.66. The summed E-state index contributed by atoms with van der Waals surface area (Å²) in [7, 11) is 1.78. The largest absolute Gasteiger partial charge is 0.482 e. The summed E-state index contributed by atoms with van der Waals surface area (Å²) in [6.45, 7) is 2.24. The van der Waals surface area contributed by atoms with Crippen LogP contribution in [-0.2, 0) is 9.53 Å². The van der Waals surface area contributed by atoms with Gasteiger partial charge in [0.15, 0.2) is 6.61 Å². The average Bonchev–Trinajstić information content (AvgIpc) is 2.94. The Hall–Kier alpha value is -1.59. The van der Waals surface area contributed by atoms with E-state index in [0.717, 1.165) is 36.3 Å². The van der Waals surface area contributed by atoms with Crippen molar-refractivity contribution < 1.29 is 14.3 Å². The fourth-order valence-electron chi connectivity index (χ4n) is 3.13. The molecule has 0 bridgehead atoms. The Labute approximate surface area is 125 Å². The van der Waals surface area contributed by atoms with E-state index in [9.17, 15) is 4.79 Å². The van der Waals surface area contributed by atoms with Crippen LogP contribution in [0, 0.1) is 0 Å². The van der Waals surface area contributed by atoms with Gasteiger partial charge in [-0.15, -0.1) is 0 Å². The fraction of sp³-hybridized carbons (Fsp3) is 0.562. The predicted molar refractivity (Wildman–Crippen MR) is 80.6 cm³/mol. The molecular formula is C16H22N2O3. The highest BCUT2D eigenvalue weighted by atomic mass is 16.5. The molecule has 1 heterocycles. The number of nitrogens with one attached hydrogen (secondary N) is 2. The maximum Gasteiger partial charge on any atom is 0.262 e. The number of ether oxygens (including phenoxy) is 2. The highest BCUT2D eigenvalue weighted by Crippen LogP contribution is 2.31. The van der Waals surface area contributed by atoms with Crippen molar-refractivity contribution in [2.45, 2.75) is 44.4 Å². The van der Waals surface area contributed by atoms with Gasteiger partial charge in [-0.05, 0) is 43.9 Å². The van der Waals surface area contributed by atoms with Gasteiger partial charge in [0.25, 0.3) is 5.91 Å². The summed E-state index contributed by atoms with van der Waals surface area (Å²) in [4.78, 5) is 11.4. The third-order valence-corrected chi connectivity index (χ3v) is 4.34. The number of carbonyl (C=O) groups is 1. The number of hydrogen-bond donors (Lipinski definition) is 2. The molecule has 3 atom stereocenters. The van der Waals surface area contributed by atoms with Crippen molar-refractivity contribution in [3.05, 3.63) is 23.8 Å². The third-order valence-electron chi connectivity index (χ3n) is 4.34. The summed E-state index contributed by atoms with van der Waals surface area (Å²) in [5, 5.41) is 6.50. The molecule has 2 aliphatic rings. The molecule has 1 amide bonds. The van der Waals surface area contributed by atoms with E-state index < -0.39 is 0 Å². The van der Waals surface area contributed by atoms with Gasteiger partial charge in [0.1, 0.15) is 5.75 Å². The molecule has 1 aliphatic heterocycles. The lowest BCUT2D eigenvalue weighted by molar-refractivity contribution is -0.118. The molecule has 0 radical (unpaired) electrons. The highest BCUT2D eigenvalue weighted by Gasteiger charge is 2.26. The molecule has 1 fully saturated rings. The second kappa shape index (κ2) is 6.03. The van der Waals surface area contributed by atoms with Crippen LogP contribution in [0.5, 0.6) is 5.75 Å². The number of fused-ring (bicyclic) bond motifs is 1. The first-order chi connectivity index (χ1) is 10.2. The summed E-state index contributed by atoms with van der Waals surface area (Å²) in [6.07, 6.45) is 3.71. The molecule has 21 heavy (non-hydrogen) atoms. The zero-order chi connectivity index (χ0) is 14.8. The molecule has 0 spiro atoms. The van der Waals surface area contributed by atoms with E-state index in [1.807, 2.05) is 12.1 Å². The molecule has 1 saturated carbocycles.